The molecule has 3 saturated heterocycles. The van der Waals surface area contributed by atoms with E-state index in [0.29, 0.717) is 26.1 Å². The first-order chi connectivity index (χ1) is 19.6. The lowest BCUT2D eigenvalue weighted by Crippen LogP contribution is -2.62. The Balaban J connectivity index is 2.21. The number of hydrogen-bond acceptors (Lipinski definition) is 5. The van der Waals surface area contributed by atoms with Crippen molar-refractivity contribution in [2.24, 2.45) is 23.2 Å². The van der Waals surface area contributed by atoms with Crippen LogP contribution in [0.25, 0.3) is 0 Å². The summed E-state index contributed by atoms with van der Waals surface area (Å²) < 4.78 is -0.766. The average molecular weight is 669 g/mol. The molecular formula is C33H54BrN3O4S. The average Bonchev–Trinajstić information content (AvgIpc) is 3.48. The van der Waals surface area contributed by atoms with Crippen molar-refractivity contribution in [1.82, 2.24) is 14.7 Å². The second-order valence-corrected chi connectivity index (χ2v) is 17.1. The minimum atomic E-state index is -0.785. The molecule has 0 saturated carbocycles. The van der Waals surface area contributed by atoms with E-state index >= 15 is 4.79 Å². The highest BCUT2D eigenvalue weighted by Crippen LogP contribution is 2.68. The van der Waals surface area contributed by atoms with Crippen LogP contribution in [0.15, 0.2) is 25.3 Å². The summed E-state index contributed by atoms with van der Waals surface area (Å²) in [6, 6.07) is -1.30. The van der Waals surface area contributed by atoms with Crippen molar-refractivity contribution in [2.45, 2.75) is 114 Å². The summed E-state index contributed by atoms with van der Waals surface area (Å²) in [5.41, 5.74) is -0.545. The number of nitrogens with zero attached hydrogens (tertiary/aromatic N) is 3. The van der Waals surface area contributed by atoms with Crippen molar-refractivity contribution < 1.29 is 19.5 Å². The van der Waals surface area contributed by atoms with E-state index < -0.39 is 34.2 Å². The van der Waals surface area contributed by atoms with Crippen molar-refractivity contribution in [3.63, 3.8) is 0 Å². The van der Waals surface area contributed by atoms with Crippen LogP contribution in [0, 0.1) is 23.2 Å². The van der Waals surface area contributed by atoms with Crippen LogP contribution in [0.5, 0.6) is 0 Å². The lowest BCUT2D eigenvalue weighted by molar-refractivity contribution is -0.150. The number of amides is 3. The van der Waals surface area contributed by atoms with Gasteiger partial charge in [-0.15, -0.1) is 24.9 Å². The highest BCUT2D eigenvalue weighted by atomic mass is 79.9. The molecule has 0 radical (unpaired) electrons. The Morgan fingerprint density at radius 1 is 1.17 bits per heavy atom. The van der Waals surface area contributed by atoms with Crippen molar-refractivity contribution in [3.05, 3.63) is 25.3 Å². The Labute approximate surface area is 267 Å². The van der Waals surface area contributed by atoms with E-state index in [4.69, 9.17) is 0 Å². The van der Waals surface area contributed by atoms with Crippen molar-refractivity contribution in [3.8, 4) is 0 Å². The number of thioether (sulfide) groups is 1. The van der Waals surface area contributed by atoms with Gasteiger partial charge in [-0.3, -0.25) is 14.4 Å². The molecule has 1 spiro atoms. The van der Waals surface area contributed by atoms with Crippen LogP contribution in [0.4, 0.5) is 0 Å². The molecule has 3 rings (SSSR count). The molecule has 0 aromatic rings. The molecule has 7 nitrogen and oxygen atoms in total. The zero-order valence-corrected chi connectivity index (χ0v) is 29.5. The van der Waals surface area contributed by atoms with Gasteiger partial charge >= 0.3 is 0 Å². The summed E-state index contributed by atoms with van der Waals surface area (Å²) in [6.45, 7) is 25.8. The maximum atomic E-state index is 15.1. The van der Waals surface area contributed by atoms with E-state index in [9.17, 15) is 14.7 Å². The standard InChI is InChI=1S/C33H54BrN3O4S/c1-11-15-35(16-12-2)28(39)24-25-29(40)37(23(19-38)21(5)14-4)27(33(25)18-22(34)26(24)42-33)30(41)36(17-13-3)32(9,10)20-31(6,7)8/h11,13,21-27,38H,1,3,12,14-20H2,2,4-10H3/t21-,22?,23-,24+,25-,26+,27?,33?/m0/s1. The molecule has 8 atom stereocenters. The Bertz CT molecular complexity index is 1040. The predicted octanol–water partition coefficient (Wildman–Crippen LogP) is 5.51. The fourth-order valence-corrected chi connectivity index (χ4v) is 11.6. The van der Waals surface area contributed by atoms with Gasteiger partial charge in [-0.05, 0) is 44.4 Å². The van der Waals surface area contributed by atoms with Crippen LogP contribution in [-0.4, -0.2) is 96.2 Å². The zero-order valence-electron chi connectivity index (χ0n) is 27.1. The predicted molar refractivity (Wildman–Crippen MR) is 177 cm³/mol. The molecule has 42 heavy (non-hydrogen) atoms. The van der Waals surface area contributed by atoms with Crippen LogP contribution >= 0.6 is 27.7 Å². The lowest BCUT2D eigenvalue weighted by atomic mass is 9.70. The largest absolute Gasteiger partial charge is 0.394 e. The maximum absolute atomic E-state index is 15.1. The number of hydrogen-bond donors (Lipinski definition) is 1. The SMILES string of the molecule is C=CCN(CCC)C(=O)[C@H]1[C@@H]2SC3(CC2Br)C(C(=O)N(CC=C)C(C)(C)CC(C)(C)C)N([C@@H](CO)[C@@H](C)CC)C(=O)[C@H]13. The number of rotatable bonds is 14. The van der Waals surface area contributed by atoms with Crippen LogP contribution in [0.2, 0.25) is 0 Å². The Hall–Kier alpha value is -1.32. The van der Waals surface area contributed by atoms with Crippen molar-refractivity contribution in [2.75, 3.05) is 26.2 Å². The van der Waals surface area contributed by atoms with Gasteiger partial charge in [0.1, 0.15) is 6.04 Å². The number of carbonyl (C=O) groups is 3. The number of aliphatic hydroxyl groups excluding tert-OH is 1. The minimum Gasteiger partial charge on any atom is -0.394 e. The molecule has 3 unspecified atom stereocenters. The van der Waals surface area contributed by atoms with Crippen LogP contribution in [-0.2, 0) is 14.4 Å². The first-order valence-corrected chi connectivity index (χ1v) is 17.4. The Morgan fingerprint density at radius 3 is 2.29 bits per heavy atom. The first-order valence-electron chi connectivity index (χ1n) is 15.6. The first kappa shape index (κ1) is 35.2. The smallest absolute Gasteiger partial charge is 0.247 e. The molecule has 0 aromatic heterocycles. The summed E-state index contributed by atoms with van der Waals surface area (Å²) in [6.07, 6.45) is 6.43. The van der Waals surface area contributed by atoms with E-state index in [1.165, 1.54) is 0 Å². The van der Waals surface area contributed by atoms with E-state index in [1.54, 1.807) is 28.8 Å². The maximum Gasteiger partial charge on any atom is 0.247 e. The van der Waals surface area contributed by atoms with Crippen molar-refractivity contribution >= 4 is 45.4 Å². The summed E-state index contributed by atoms with van der Waals surface area (Å²) >= 11 is 5.55. The summed E-state index contributed by atoms with van der Waals surface area (Å²) in [7, 11) is 0. The third-order valence-corrected chi connectivity index (χ3v) is 12.7. The third kappa shape index (κ3) is 6.26. The van der Waals surface area contributed by atoms with Crippen LogP contribution in [0.1, 0.15) is 81.1 Å². The van der Waals surface area contributed by atoms with Gasteiger partial charge in [-0.1, -0.05) is 76.0 Å². The van der Waals surface area contributed by atoms with Gasteiger partial charge in [-0.2, -0.15) is 0 Å². The number of likely N-dealkylation sites (tertiary alicyclic amines) is 1. The minimum absolute atomic E-state index is 0.00503. The van der Waals surface area contributed by atoms with Gasteiger partial charge in [0.25, 0.3) is 0 Å². The Kier molecular flexibility index (Phi) is 11.2. The molecule has 0 aromatic carbocycles. The molecule has 3 heterocycles. The quantitative estimate of drug-likeness (QED) is 0.195. The normalized spacial score (nSPS) is 30.2. The van der Waals surface area contributed by atoms with Gasteiger partial charge in [0.15, 0.2) is 0 Å². The summed E-state index contributed by atoms with van der Waals surface area (Å²) in [5.74, 6) is -1.50. The second kappa shape index (κ2) is 13.4. The number of aliphatic hydroxyl groups is 1. The molecule has 1 N–H and O–H groups in total. The molecule has 3 aliphatic heterocycles. The van der Waals surface area contributed by atoms with E-state index in [2.05, 4.69) is 63.7 Å². The van der Waals surface area contributed by atoms with Crippen LogP contribution in [0.3, 0.4) is 0 Å². The van der Waals surface area contributed by atoms with E-state index in [1.807, 2.05) is 30.6 Å². The highest BCUT2D eigenvalue weighted by molar-refractivity contribution is 9.09. The molecule has 0 aliphatic carbocycles. The molecule has 2 bridgehead atoms. The third-order valence-electron chi connectivity index (χ3n) is 9.52. The number of halogens is 1. The zero-order chi connectivity index (χ0) is 31.8. The van der Waals surface area contributed by atoms with E-state index in [0.717, 1.165) is 19.3 Å². The summed E-state index contributed by atoms with van der Waals surface area (Å²) in [5, 5.41) is 10.6. The molecule has 9 heteroatoms. The second-order valence-electron chi connectivity index (χ2n) is 14.4. The topological polar surface area (TPSA) is 81.2 Å². The van der Waals surface area contributed by atoms with Gasteiger partial charge in [-0.25, -0.2) is 0 Å². The fraction of sp³-hybridized carbons (Fsp3) is 0.788. The van der Waals surface area contributed by atoms with Gasteiger partial charge in [0.05, 0.1) is 29.2 Å². The van der Waals surface area contributed by atoms with Gasteiger partial charge in [0.2, 0.25) is 17.7 Å². The van der Waals surface area contributed by atoms with Crippen LogP contribution < -0.4 is 0 Å². The molecule has 3 amide bonds. The van der Waals surface area contributed by atoms with Crippen molar-refractivity contribution in [1.29, 1.82) is 0 Å². The number of fused-ring (bicyclic) bond motifs is 1. The number of carbonyl (C=O) groups excluding carboxylic acids is 3. The summed E-state index contributed by atoms with van der Waals surface area (Å²) in [4.78, 5) is 49.4. The lowest BCUT2D eigenvalue weighted by Gasteiger charge is -2.47. The molecular weight excluding hydrogens is 614 g/mol. The molecule has 3 fully saturated rings. The van der Waals surface area contributed by atoms with Gasteiger partial charge in [0, 0.05) is 35.3 Å². The monoisotopic (exact) mass is 667 g/mol. The van der Waals surface area contributed by atoms with E-state index in [-0.39, 0.29) is 45.7 Å². The Morgan fingerprint density at radius 2 is 1.79 bits per heavy atom. The fourth-order valence-electron chi connectivity index (χ4n) is 8.03. The number of alkyl halides is 1. The molecule has 238 valence electrons. The van der Waals surface area contributed by atoms with Gasteiger partial charge < -0.3 is 19.8 Å². The highest BCUT2D eigenvalue weighted by Gasteiger charge is 2.77. The molecule has 3 aliphatic rings.